The maximum Gasteiger partial charge on any atom is 0.341 e. The molecular weight excluding hydrogens is 1320 g/mol. The maximum atomic E-state index is 13.8. The van der Waals surface area contributed by atoms with E-state index in [0.29, 0.717) is 54.3 Å². The lowest BCUT2D eigenvalue weighted by atomic mass is 9.75. The summed E-state index contributed by atoms with van der Waals surface area (Å²) in [6.07, 6.45) is 7.18. The minimum absolute atomic E-state index is 0.0869. The summed E-state index contributed by atoms with van der Waals surface area (Å²) in [7, 11) is 0. The number of H-pyrrole nitrogens is 2. The third-order valence-corrected chi connectivity index (χ3v) is 19.7. The van der Waals surface area contributed by atoms with Gasteiger partial charge in [0.1, 0.15) is 23.5 Å². The van der Waals surface area contributed by atoms with Gasteiger partial charge < -0.3 is 63.4 Å². The van der Waals surface area contributed by atoms with E-state index < -0.39 is 64.9 Å². The highest BCUT2D eigenvalue weighted by molar-refractivity contribution is 6.01. The molecule has 0 radical (unpaired) electrons. The highest BCUT2D eigenvalue weighted by atomic mass is 16.6. The van der Waals surface area contributed by atoms with Gasteiger partial charge in [0, 0.05) is 74.7 Å². The van der Waals surface area contributed by atoms with Crippen molar-refractivity contribution in [2.24, 2.45) is 5.92 Å². The molecule has 2 fully saturated rings. The molecule has 13 rings (SSSR count). The van der Waals surface area contributed by atoms with Crippen molar-refractivity contribution in [3.8, 4) is 44.5 Å². The number of benzene rings is 4. The number of carbonyl (C=O) groups is 5. The quantitative estimate of drug-likeness (QED) is 0.0111. The van der Waals surface area contributed by atoms with Crippen LogP contribution in [0.25, 0.3) is 90.9 Å². The van der Waals surface area contributed by atoms with Crippen molar-refractivity contribution in [1.29, 1.82) is 0 Å². The molecule has 536 valence electrons. The predicted molar refractivity (Wildman–Crippen MR) is 390 cm³/mol. The van der Waals surface area contributed by atoms with E-state index in [1.54, 1.807) is 44.6 Å². The van der Waals surface area contributed by atoms with Crippen LogP contribution in [0.1, 0.15) is 99.6 Å². The Morgan fingerprint density at radius 1 is 0.635 bits per heavy atom. The Morgan fingerprint density at radius 2 is 1.11 bits per heavy atom. The third kappa shape index (κ3) is 14.9. The molecule has 4 aromatic heterocycles. The van der Waals surface area contributed by atoms with Crippen LogP contribution < -0.4 is 5.32 Å². The number of amides is 1. The first-order chi connectivity index (χ1) is 50.3. The molecule has 1 saturated carbocycles. The smallest absolute Gasteiger partial charge is 0.341 e. The second-order valence-corrected chi connectivity index (χ2v) is 26.6. The summed E-state index contributed by atoms with van der Waals surface area (Å²) in [6.45, 7) is 11.2. The van der Waals surface area contributed by atoms with E-state index in [1.807, 2.05) is 84.9 Å². The lowest BCUT2D eigenvalue weighted by molar-refractivity contribution is -0.210. The lowest BCUT2D eigenvalue weighted by Gasteiger charge is -2.41. The fourth-order valence-corrected chi connectivity index (χ4v) is 14.3. The van der Waals surface area contributed by atoms with Crippen LogP contribution in [0.3, 0.4) is 0 Å². The van der Waals surface area contributed by atoms with Crippen LogP contribution in [-0.2, 0) is 70.2 Å². The van der Waals surface area contributed by atoms with E-state index in [0.717, 1.165) is 96.3 Å². The summed E-state index contributed by atoms with van der Waals surface area (Å²) in [6, 6.07) is 46.8. The van der Waals surface area contributed by atoms with Gasteiger partial charge in [0.2, 0.25) is 0 Å². The topological polar surface area (TPSA) is 300 Å². The number of fused-ring (bicyclic) bond motifs is 11. The Balaban J connectivity index is 0.575. The van der Waals surface area contributed by atoms with E-state index in [-0.39, 0.29) is 64.7 Å². The van der Waals surface area contributed by atoms with Gasteiger partial charge in [0.05, 0.1) is 101 Å². The zero-order chi connectivity index (χ0) is 72.7. The van der Waals surface area contributed by atoms with Crippen LogP contribution in [0.4, 0.5) is 0 Å². The molecule has 7 atom stereocenters. The highest BCUT2D eigenvalue weighted by Gasteiger charge is 2.74. The van der Waals surface area contributed by atoms with E-state index in [9.17, 15) is 34.2 Å². The van der Waals surface area contributed by atoms with Crippen molar-refractivity contribution in [1.82, 2.24) is 40.2 Å². The van der Waals surface area contributed by atoms with E-state index in [1.165, 1.54) is 6.92 Å². The fraction of sp³-hybridized carbons (Fsp3) is 0.321. The molecule has 4 aromatic carbocycles. The first-order valence-electron chi connectivity index (χ1n) is 34.8. The monoisotopic (exact) mass is 1410 g/mol. The van der Waals surface area contributed by atoms with Crippen molar-refractivity contribution in [3.63, 3.8) is 0 Å². The summed E-state index contributed by atoms with van der Waals surface area (Å²) in [5.74, 6) is -4.25. The van der Waals surface area contributed by atoms with Gasteiger partial charge in [-0.3, -0.25) is 14.4 Å². The molecule has 23 heteroatoms. The van der Waals surface area contributed by atoms with Crippen LogP contribution in [0.15, 0.2) is 169 Å². The van der Waals surface area contributed by atoms with Crippen LogP contribution >= 0.6 is 0 Å². The van der Waals surface area contributed by atoms with Crippen molar-refractivity contribution >= 4 is 76.2 Å². The average Bonchev–Trinajstić information content (AvgIpc) is 1.53. The van der Waals surface area contributed by atoms with Crippen LogP contribution in [-0.4, -0.2) is 163 Å². The average molecular weight is 1410 g/mol. The number of nitrogens with zero attached hydrogens (tertiary/aromatic N) is 5. The van der Waals surface area contributed by atoms with Gasteiger partial charge >= 0.3 is 23.9 Å². The molecule has 7 heterocycles. The van der Waals surface area contributed by atoms with Crippen LogP contribution in [0, 0.1) is 5.92 Å². The first-order valence-corrected chi connectivity index (χ1v) is 34.8. The summed E-state index contributed by atoms with van der Waals surface area (Å²) in [5, 5.41) is 35.6. The Hall–Kier alpha value is -10.8. The largest absolute Gasteiger partial charge is 0.459 e. The molecule has 5 N–H and O–H groups in total. The number of esters is 4. The van der Waals surface area contributed by atoms with Gasteiger partial charge in [0.15, 0.2) is 17.3 Å². The molecule has 0 unspecified atom stereocenters. The zero-order valence-corrected chi connectivity index (χ0v) is 58.7. The van der Waals surface area contributed by atoms with Crippen LogP contribution in [0.2, 0.25) is 0 Å². The van der Waals surface area contributed by atoms with Gasteiger partial charge in [-0.25, -0.2) is 24.2 Å². The Labute approximate surface area is 600 Å². The number of hydrogen-bond donors (Lipinski definition) is 5. The molecule has 1 saturated heterocycles. The SMILES string of the molecule is C/C=C(/C)C(=O)O[C@@H]1C[C@H]2C(=C1C)[C@@H]1OC(=O)[C@@](C)(O)[C@@]1(O)[C@@H](OC(=O)CCOCCOCCOCCOCCn1cc(CNC(=O)c3ccc(-c4c5nc(c(-c6ccccc6)c6ccc([nH]6)c(-c6ccccc6)c6nc(c(-c7ccccc7)c7ccc4[nH]7)C=C6)C=C5)cc3)nn1)C[C@]2(C)OC(C)=O. The van der Waals surface area contributed by atoms with Gasteiger partial charge in [-0.1, -0.05) is 114 Å². The second kappa shape index (κ2) is 31.0. The minimum atomic E-state index is -2.57. The minimum Gasteiger partial charge on any atom is -0.459 e. The predicted octanol–water partition coefficient (Wildman–Crippen LogP) is 11.6. The molecule has 23 nitrogen and oxygen atoms in total. The number of aliphatic hydroxyl groups is 2. The Kier molecular flexibility index (Phi) is 21.4. The molecule has 0 spiro atoms. The van der Waals surface area contributed by atoms with Crippen molar-refractivity contribution in [2.45, 2.75) is 109 Å². The Bertz CT molecular complexity index is 4810. The molecular formula is C81H82N8O15. The van der Waals surface area contributed by atoms with Crippen molar-refractivity contribution < 1.29 is 72.1 Å². The molecule has 3 aliphatic heterocycles. The lowest BCUT2D eigenvalue weighted by Crippen LogP contribution is -2.64. The standard InChI is InChI=1S/C81H82N8O15/c1-7-49(2)77(93)101-67-45-58-70(50(67)3)75-81(96,80(6,95)78(94)103-75)68(46-79(58,5)104-51(4)90)102-69(91)35-37-97-39-41-99-43-44-100-42-40-98-38-36-89-48-57(87-88-89)47-82-76(92)56-25-23-55(24-26-56)74-65-33-31-63(85-65)72(53-19-13-9-14-20-53)61-29-27-59(83-61)71(52-17-11-8-12-18-52)60-28-30-62(84-60)73(54-21-15-10-16-22-54)64-32-34-66(74)86-64/h7-34,48,58,67-68,75,83,86,95-96H,35-47H2,1-6H3,(H,82,92)/b49-7-,71-59?,71-60?,72-61?,72-63?,73-62?,73-64?,74-65?,74-66?/t58-,67+,68-,75-,79-,80+,81+/m0/s1. The summed E-state index contributed by atoms with van der Waals surface area (Å²) in [5.41, 5.74) is 9.89. The van der Waals surface area contributed by atoms with Gasteiger partial charge in [0.25, 0.3) is 5.91 Å². The van der Waals surface area contributed by atoms with E-state index in [2.05, 4.69) is 104 Å². The maximum absolute atomic E-state index is 13.8. The van der Waals surface area contributed by atoms with Crippen molar-refractivity contribution in [2.75, 3.05) is 52.9 Å². The molecule has 104 heavy (non-hydrogen) atoms. The fourth-order valence-electron chi connectivity index (χ4n) is 14.3. The molecule has 8 aromatic rings. The number of carbonyl (C=O) groups excluding carboxylic acids is 5. The zero-order valence-electron chi connectivity index (χ0n) is 58.7. The number of ether oxygens (including phenoxy) is 8. The van der Waals surface area contributed by atoms with Gasteiger partial charge in [-0.2, -0.15) is 0 Å². The van der Waals surface area contributed by atoms with Crippen molar-refractivity contribution in [3.05, 3.63) is 203 Å². The van der Waals surface area contributed by atoms with E-state index >= 15 is 0 Å². The van der Waals surface area contributed by atoms with Gasteiger partial charge in [-0.15, -0.1) is 5.10 Å². The number of aromatic nitrogens is 7. The number of allylic oxidation sites excluding steroid dienone is 1. The molecule has 8 bridgehead atoms. The highest BCUT2D eigenvalue weighted by Crippen LogP contribution is 2.57. The number of aromatic amines is 2. The summed E-state index contributed by atoms with van der Waals surface area (Å²) in [4.78, 5) is 84.4. The summed E-state index contributed by atoms with van der Waals surface area (Å²) < 4.78 is 47.6. The normalized spacial score (nSPS) is 21.1. The number of hydrogen-bond acceptors (Lipinski definition) is 19. The van der Waals surface area contributed by atoms with Crippen LogP contribution in [0.5, 0.6) is 0 Å². The third-order valence-electron chi connectivity index (χ3n) is 19.7. The molecule has 2 aliphatic carbocycles. The van der Waals surface area contributed by atoms with E-state index in [4.69, 9.17) is 47.9 Å². The molecule has 1 amide bonds. The number of nitrogens with one attached hydrogen (secondary N) is 3. The van der Waals surface area contributed by atoms with Gasteiger partial charge in [-0.05, 0) is 135 Å². The molecule has 5 aliphatic rings. The number of rotatable bonds is 26. The summed E-state index contributed by atoms with van der Waals surface area (Å²) >= 11 is 0. The Morgan fingerprint density at radius 3 is 1.59 bits per heavy atom. The second-order valence-electron chi connectivity index (χ2n) is 26.6. The first kappa shape index (κ1) is 71.6.